The van der Waals surface area contributed by atoms with Crippen LogP contribution in [0.4, 0.5) is 0 Å². The lowest BCUT2D eigenvalue weighted by molar-refractivity contribution is -0.141. The van der Waals surface area contributed by atoms with E-state index in [0.29, 0.717) is 76.7 Å². The number of para-hydroxylation sites is 3. The molecule has 2 heterocycles. The summed E-state index contributed by atoms with van der Waals surface area (Å²) in [6.45, 7) is 13.6. The number of aliphatic carboxylic acids is 2. The summed E-state index contributed by atoms with van der Waals surface area (Å²) >= 11 is 0. The van der Waals surface area contributed by atoms with Gasteiger partial charge in [-0.15, -0.1) is 24.8 Å². The summed E-state index contributed by atoms with van der Waals surface area (Å²) in [5.74, 6) is -2.66. The maximum Gasteiger partial charge on any atom is 0.336 e. The summed E-state index contributed by atoms with van der Waals surface area (Å²) in [7, 11) is 3.42. The SMILES string of the molecule is CC1=C(C(=O)O)C(c2cccc(C)c2)C(C(=O)O)=C(C)N1.COc1ccccc1C1C(C(=O)OCCCCCCNCC(O)COc2ccccc2)=C(C)N(C)C(C)=C1C(=O)OCCCCCC(C)NCC(O)COc1ccccc1.Cl.Cl. The second-order valence-electron chi connectivity index (χ2n) is 20.5. The predicted molar refractivity (Wildman–Crippen MR) is 326 cm³/mol. The molecule has 4 aromatic carbocycles. The van der Waals surface area contributed by atoms with Crippen LogP contribution in [0.2, 0.25) is 0 Å². The van der Waals surface area contributed by atoms with Crippen molar-refractivity contribution in [3.05, 3.63) is 171 Å². The van der Waals surface area contributed by atoms with Gasteiger partial charge in [-0.3, -0.25) is 0 Å². The number of benzene rings is 4. The number of carbonyl (C=O) groups excluding carboxylic acids is 2. The standard InChI is InChI=1S/C48H67N3O9.C16H17NO4.2ClH/c1-35(50-32-39(53)34-60-41-24-14-9-15-25-41)21-11-10-20-30-58-48(55)45-37(3)51(4)36(2)44(46(45)42-26-16-17-27-43(42)56-5)47(54)57-29-19-7-6-18-28-49-31-38(52)33-59-40-22-12-8-13-23-40;1-8-5-4-6-11(7-8)14-12(15(18)19)9(2)17-10(3)13(14)16(20)21;;/h8-9,12-17,22-27,35,38-39,46,49-50,52-53H,6-7,10-11,18-21,28-34H2,1-5H3;4-7,14,17H,1-3H3,(H,18,19)(H,20,21);2*1H. The fourth-order valence-electron chi connectivity index (χ4n) is 9.83. The molecule has 19 heteroatoms. The number of ether oxygens (including phenoxy) is 5. The molecule has 0 saturated heterocycles. The molecule has 0 radical (unpaired) electrons. The minimum atomic E-state index is -1.11. The number of halogens is 2. The zero-order valence-corrected chi connectivity index (χ0v) is 50.7. The maximum atomic E-state index is 14.0. The van der Waals surface area contributed by atoms with E-state index in [-0.39, 0.29) is 68.4 Å². The highest BCUT2D eigenvalue weighted by atomic mass is 35.5. The Balaban J connectivity index is 0.000000657. The van der Waals surface area contributed by atoms with E-state index in [0.717, 1.165) is 62.1 Å². The Bertz CT molecular complexity index is 2790. The number of allylic oxidation sites excluding steroid dienone is 4. The molecule has 0 fully saturated rings. The number of hydrogen-bond donors (Lipinski definition) is 7. The summed E-state index contributed by atoms with van der Waals surface area (Å²) in [5.41, 5.74) is 5.57. The van der Waals surface area contributed by atoms with Crippen molar-refractivity contribution in [1.82, 2.24) is 20.9 Å². The summed E-state index contributed by atoms with van der Waals surface area (Å²) in [5, 5.41) is 49.0. The number of hydrogen-bond acceptors (Lipinski definition) is 15. The third-order valence-corrected chi connectivity index (χ3v) is 14.3. The molecule has 17 nitrogen and oxygen atoms in total. The first-order valence-electron chi connectivity index (χ1n) is 27.9. The van der Waals surface area contributed by atoms with Crippen molar-refractivity contribution in [2.75, 3.05) is 60.2 Å². The number of unbranched alkanes of at least 4 members (excludes halogenated alkanes) is 5. The van der Waals surface area contributed by atoms with Gasteiger partial charge >= 0.3 is 23.9 Å². The second-order valence-corrected chi connectivity index (χ2v) is 20.5. The van der Waals surface area contributed by atoms with E-state index in [9.17, 15) is 39.6 Å². The third kappa shape index (κ3) is 21.7. The van der Waals surface area contributed by atoms with E-state index in [1.165, 1.54) is 0 Å². The van der Waals surface area contributed by atoms with Gasteiger partial charge in [0.05, 0.1) is 54.5 Å². The van der Waals surface area contributed by atoms with Gasteiger partial charge in [0.2, 0.25) is 0 Å². The fourth-order valence-corrected chi connectivity index (χ4v) is 9.83. The summed E-state index contributed by atoms with van der Waals surface area (Å²) in [4.78, 5) is 53.0. The zero-order valence-electron chi connectivity index (χ0n) is 49.1. The lowest BCUT2D eigenvalue weighted by Gasteiger charge is -2.36. The molecule has 83 heavy (non-hydrogen) atoms. The van der Waals surface area contributed by atoms with Crippen molar-refractivity contribution in [2.45, 2.75) is 123 Å². The molecule has 4 aromatic rings. The van der Waals surface area contributed by atoms with Crippen molar-refractivity contribution >= 4 is 48.7 Å². The first kappa shape index (κ1) is 70.4. The molecule has 0 amide bonds. The molecule has 2 aliphatic rings. The number of rotatable bonds is 31. The maximum absolute atomic E-state index is 14.0. The highest BCUT2D eigenvalue weighted by Crippen LogP contribution is 2.45. The quantitative estimate of drug-likeness (QED) is 0.0183. The number of aliphatic hydroxyl groups is 2. The summed E-state index contributed by atoms with van der Waals surface area (Å²) in [6.07, 6.45) is 5.63. The average Bonchev–Trinajstić information content (AvgIpc) is 1.82. The van der Waals surface area contributed by atoms with Gasteiger partial charge in [-0.1, -0.05) is 110 Å². The van der Waals surface area contributed by atoms with E-state index >= 15 is 0 Å². The molecule has 0 saturated carbocycles. The van der Waals surface area contributed by atoms with E-state index in [4.69, 9.17) is 23.7 Å². The van der Waals surface area contributed by atoms with Gasteiger partial charge in [0.1, 0.15) is 42.7 Å². The van der Waals surface area contributed by atoms with Crippen molar-refractivity contribution in [2.24, 2.45) is 0 Å². The van der Waals surface area contributed by atoms with Crippen molar-refractivity contribution in [3.8, 4) is 17.2 Å². The van der Waals surface area contributed by atoms with Crippen molar-refractivity contribution in [3.63, 3.8) is 0 Å². The van der Waals surface area contributed by atoms with Crippen LogP contribution in [0, 0.1) is 6.92 Å². The molecule has 0 spiro atoms. The van der Waals surface area contributed by atoms with Gasteiger partial charge in [-0.25, -0.2) is 19.2 Å². The van der Waals surface area contributed by atoms with Crippen LogP contribution in [0.3, 0.4) is 0 Å². The smallest absolute Gasteiger partial charge is 0.336 e. The molecule has 0 aromatic heterocycles. The predicted octanol–water partition coefficient (Wildman–Crippen LogP) is 10.2. The molecule has 2 aliphatic heterocycles. The molecular formula is C64H86Cl2N4O13. The number of methoxy groups -OCH3 is 1. The van der Waals surface area contributed by atoms with Gasteiger partial charge < -0.3 is 65.0 Å². The van der Waals surface area contributed by atoms with Crippen LogP contribution in [0.25, 0.3) is 0 Å². The number of aryl methyl sites for hydroxylation is 1. The normalized spacial score (nSPS) is 15.3. The summed E-state index contributed by atoms with van der Waals surface area (Å²) < 4.78 is 28.8. The van der Waals surface area contributed by atoms with Crippen LogP contribution in [0.5, 0.6) is 17.2 Å². The topological polar surface area (TPSA) is 235 Å². The average molecular weight is 1190 g/mol. The first-order valence-corrected chi connectivity index (χ1v) is 27.9. The van der Waals surface area contributed by atoms with Crippen molar-refractivity contribution in [1.29, 1.82) is 0 Å². The Morgan fingerprint density at radius 1 is 0.602 bits per heavy atom. The van der Waals surface area contributed by atoms with Crippen LogP contribution in [0.15, 0.2) is 154 Å². The van der Waals surface area contributed by atoms with E-state index < -0.39 is 47.9 Å². The number of esters is 2. The minimum Gasteiger partial charge on any atom is -0.496 e. The summed E-state index contributed by atoms with van der Waals surface area (Å²) in [6, 6.07) is 33.8. The van der Waals surface area contributed by atoms with E-state index in [2.05, 4.69) is 22.9 Å². The van der Waals surface area contributed by atoms with Gasteiger partial charge in [0.15, 0.2) is 0 Å². The Hall–Kier alpha value is -6.86. The van der Waals surface area contributed by atoms with E-state index in [1.54, 1.807) is 33.1 Å². The van der Waals surface area contributed by atoms with Crippen LogP contribution in [0.1, 0.15) is 115 Å². The van der Waals surface area contributed by atoms with E-state index in [1.807, 2.05) is 130 Å². The van der Waals surface area contributed by atoms with Gasteiger partial charge in [-0.05, 0) is 110 Å². The Morgan fingerprint density at radius 2 is 1.10 bits per heavy atom. The largest absolute Gasteiger partial charge is 0.496 e. The number of carboxylic acids is 2. The molecule has 4 unspecified atom stereocenters. The van der Waals surface area contributed by atoms with Gasteiger partial charge in [0.25, 0.3) is 0 Å². The molecule has 6 rings (SSSR count). The Labute approximate surface area is 502 Å². The zero-order chi connectivity index (χ0) is 58.8. The highest BCUT2D eigenvalue weighted by Gasteiger charge is 2.41. The van der Waals surface area contributed by atoms with Crippen LogP contribution in [-0.2, 0) is 28.7 Å². The Kier molecular flexibility index (Phi) is 31.1. The lowest BCUT2D eigenvalue weighted by Crippen LogP contribution is -2.36. The van der Waals surface area contributed by atoms with Crippen LogP contribution >= 0.6 is 24.8 Å². The fraction of sp³-hybridized carbons (Fsp3) is 0.438. The van der Waals surface area contributed by atoms with Gasteiger partial charge in [-0.2, -0.15) is 0 Å². The van der Waals surface area contributed by atoms with Crippen LogP contribution in [-0.4, -0.2) is 128 Å². The highest BCUT2D eigenvalue weighted by molar-refractivity contribution is 6.00. The lowest BCUT2D eigenvalue weighted by atomic mass is 9.79. The number of nitrogens with zero attached hydrogens (tertiary/aromatic N) is 1. The molecular weight excluding hydrogens is 1100 g/mol. The number of aliphatic hydroxyl groups excluding tert-OH is 2. The third-order valence-electron chi connectivity index (χ3n) is 14.3. The molecule has 454 valence electrons. The number of carbonyl (C=O) groups is 4. The monoisotopic (exact) mass is 1190 g/mol. The van der Waals surface area contributed by atoms with Gasteiger partial charge in [0, 0.05) is 54.5 Å². The number of dihydropyridines is 1. The molecule has 0 aliphatic carbocycles. The second kappa shape index (κ2) is 36.7. The number of carboxylic acid groups (broad SMARTS) is 2. The minimum absolute atomic E-state index is 0. The number of nitrogens with one attached hydrogen (secondary N) is 3. The first-order chi connectivity index (χ1) is 38.9. The molecule has 4 atom stereocenters. The van der Waals surface area contributed by atoms with Crippen LogP contribution < -0.4 is 30.2 Å². The molecule has 0 bridgehead atoms. The Morgan fingerprint density at radius 3 is 1.61 bits per heavy atom. The molecule has 7 N–H and O–H groups in total. The van der Waals surface area contributed by atoms with Crippen molar-refractivity contribution < 1.29 is 63.3 Å².